The summed E-state index contributed by atoms with van der Waals surface area (Å²) in [5.74, 6) is 1.98. The molecule has 0 saturated heterocycles. The zero-order valence-electron chi connectivity index (χ0n) is 17.1. The van der Waals surface area contributed by atoms with Crippen LogP contribution in [0.25, 0.3) is 33.3 Å². The fourth-order valence-electron chi connectivity index (χ4n) is 3.51. The van der Waals surface area contributed by atoms with E-state index in [1.807, 2.05) is 18.2 Å². The number of fused-ring (bicyclic) bond motifs is 2. The van der Waals surface area contributed by atoms with Crippen LogP contribution in [0.15, 0.2) is 54.9 Å². The molecule has 0 aliphatic rings. The number of rotatable bonds is 5. The third-order valence-corrected chi connectivity index (χ3v) is 5.39. The van der Waals surface area contributed by atoms with Crippen LogP contribution < -0.4 is 14.8 Å². The summed E-state index contributed by atoms with van der Waals surface area (Å²) in [6.07, 6.45) is 1.46. The molecule has 0 amide bonds. The summed E-state index contributed by atoms with van der Waals surface area (Å²) >= 11 is 6.45. The Bertz CT molecular complexity index is 1470. The smallest absolute Gasteiger partial charge is 0.148 e. The van der Waals surface area contributed by atoms with Gasteiger partial charge >= 0.3 is 0 Å². The van der Waals surface area contributed by atoms with Crippen molar-refractivity contribution < 1.29 is 13.9 Å². The average Bonchev–Trinajstić information content (AvgIpc) is 3.22. The molecule has 2 heterocycles. The van der Waals surface area contributed by atoms with Gasteiger partial charge in [0.05, 0.1) is 35.7 Å². The molecular formula is C23H17ClFN5O2. The molecule has 0 radical (unpaired) electrons. The fraction of sp³-hybridized carbons (Fsp3) is 0.0870. The van der Waals surface area contributed by atoms with Gasteiger partial charge in [-0.15, -0.1) is 0 Å². The number of methoxy groups -OCH3 is 2. The van der Waals surface area contributed by atoms with Gasteiger partial charge in [-0.1, -0.05) is 11.6 Å². The first-order valence-electron chi connectivity index (χ1n) is 9.64. The Morgan fingerprint density at radius 1 is 1.00 bits per heavy atom. The molecule has 3 aromatic carbocycles. The SMILES string of the molecule is COc1cc(OC)c2ncnc(Nc3ccc(Cl)c(-c4nc5ccc(F)cc5[nH]4)c3)c2c1. The number of aromatic nitrogens is 4. The van der Waals surface area contributed by atoms with Crippen molar-refractivity contribution in [2.24, 2.45) is 0 Å². The number of ether oxygens (including phenoxy) is 2. The van der Waals surface area contributed by atoms with Crippen LogP contribution >= 0.6 is 11.6 Å². The van der Waals surface area contributed by atoms with Gasteiger partial charge in [0.15, 0.2) is 0 Å². The zero-order valence-corrected chi connectivity index (χ0v) is 17.9. The van der Waals surface area contributed by atoms with E-state index in [1.54, 1.807) is 32.4 Å². The van der Waals surface area contributed by atoms with E-state index in [0.29, 0.717) is 50.3 Å². The number of halogens is 2. The molecule has 160 valence electrons. The number of aromatic amines is 1. The van der Waals surface area contributed by atoms with Gasteiger partial charge in [-0.25, -0.2) is 19.3 Å². The molecule has 0 bridgehead atoms. The van der Waals surface area contributed by atoms with E-state index < -0.39 is 0 Å². The van der Waals surface area contributed by atoms with Crippen LogP contribution in [-0.2, 0) is 0 Å². The minimum Gasteiger partial charge on any atom is -0.497 e. The molecule has 0 aliphatic carbocycles. The molecule has 32 heavy (non-hydrogen) atoms. The Kier molecular flexibility index (Phi) is 4.99. The van der Waals surface area contributed by atoms with Gasteiger partial charge in [0.25, 0.3) is 0 Å². The first-order chi connectivity index (χ1) is 15.6. The van der Waals surface area contributed by atoms with Gasteiger partial charge in [0.2, 0.25) is 0 Å². The van der Waals surface area contributed by atoms with Gasteiger partial charge in [-0.2, -0.15) is 0 Å². The zero-order chi connectivity index (χ0) is 22.2. The maximum atomic E-state index is 13.6. The van der Waals surface area contributed by atoms with Gasteiger partial charge < -0.3 is 19.8 Å². The van der Waals surface area contributed by atoms with Crippen LogP contribution in [0.3, 0.4) is 0 Å². The first-order valence-corrected chi connectivity index (χ1v) is 10.0. The summed E-state index contributed by atoms with van der Waals surface area (Å²) in [6, 6.07) is 13.4. The topological polar surface area (TPSA) is 84.9 Å². The summed E-state index contributed by atoms with van der Waals surface area (Å²) in [7, 11) is 3.16. The Morgan fingerprint density at radius 2 is 1.88 bits per heavy atom. The first kappa shape index (κ1) is 20.0. The normalized spacial score (nSPS) is 11.1. The second-order valence-corrected chi connectivity index (χ2v) is 7.42. The predicted octanol–water partition coefficient (Wildman–Crippen LogP) is 5.73. The Balaban J connectivity index is 1.57. The van der Waals surface area contributed by atoms with E-state index in [-0.39, 0.29) is 5.82 Å². The summed E-state index contributed by atoms with van der Waals surface area (Å²) < 4.78 is 24.4. The molecule has 0 fully saturated rings. The van der Waals surface area contributed by atoms with Gasteiger partial charge in [0.1, 0.15) is 40.8 Å². The van der Waals surface area contributed by atoms with Gasteiger partial charge in [-0.05, 0) is 42.5 Å². The van der Waals surface area contributed by atoms with Crippen LogP contribution in [-0.4, -0.2) is 34.2 Å². The predicted molar refractivity (Wildman–Crippen MR) is 122 cm³/mol. The van der Waals surface area contributed by atoms with Crippen LogP contribution in [0.1, 0.15) is 0 Å². The van der Waals surface area contributed by atoms with Gasteiger partial charge in [-0.3, -0.25) is 0 Å². The number of hydrogen-bond donors (Lipinski definition) is 2. The van der Waals surface area contributed by atoms with E-state index in [4.69, 9.17) is 21.1 Å². The highest BCUT2D eigenvalue weighted by molar-refractivity contribution is 6.33. The third-order valence-electron chi connectivity index (χ3n) is 5.06. The third kappa shape index (κ3) is 3.54. The molecule has 0 aliphatic heterocycles. The van der Waals surface area contributed by atoms with Crippen LogP contribution in [0.2, 0.25) is 5.02 Å². The lowest BCUT2D eigenvalue weighted by Crippen LogP contribution is -1.99. The van der Waals surface area contributed by atoms with Crippen LogP contribution in [0.5, 0.6) is 11.5 Å². The lowest BCUT2D eigenvalue weighted by Gasteiger charge is -2.13. The highest BCUT2D eigenvalue weighted by Crippen LogP contribution is 2.35. The molecular weight excluding hydrogens is 433 g/mol. The fourth-order valence-corrected chi connectivity index (χ4v) is 3.72. The molecule has 5 rings (SSSR count). The Hall–Kier alpha value is -3.91. The number of imidazole rings is 1. The largest absolute Gasteiger partial charge is 0.497 e. The molecule has 5 aromatic rings. The molecule has 2 N–H and O–H groups in total. The molecule has 9 heteroatoms. The molecule has 0 saturated carbocycles. The number of hydrogen-bond acceptors (Lipinski definition) is 6. The summed E-state index contributed by atoms with van der Waals surface area (Å²) in [5.41, 5.74) is 3.30. The summed E-state index contributed by atoms with van der Waals surface area (Å²) in [4.78, 5) is 16.4. The van der Waals surface area contributed by atoms with E-state index in [2.05, 4.69) is 25.3 Å². The van der Waals surface area contributed by atoms with Crippen molar-refractivity contribution in [1.82, 2.24) is 19.9 Å². The van der Waals surface area contributed by atoms with Crippen molar-refractivity contribution in [2.45, 2.75) is 0 Å². The van der Waals surface area contributed by atoms with E-state index in [1.165, 1.54) is 18.5 Å². The van der Waals surface area contributed by atoms with Crippen molar-refractivity contribution in [2.75, 3.05) is 19.5 Å². The maximum Gasteiger partial charge on any atom is 0.148 e. The number of benzene rings is 3. The molecule has 0 spiro atoms. The highest BCUT2D eigenvalue weighted by Gasteiger charge is 2.14. The lowest BCUT2D eigenvalue weighted by molar-refractivity contribution is 0.397. The van der Waals surface area contributed by atoms with Gasteiger partial charge in [0, 0.05) is 17.3 Å². The standard InChI is InChI=1S/C23H17ClFN5O2/c1-31-14-9-16-21(20(10-14)32-2)26-11-27-22(16)28-13-4-5-17(24)15(8-13)23-29-18-6-3-12(25)7-19(18)30-23/h3-11H,1-2H3,(H,29,30)(H,26,27,28). The number of anilines is 2. The van der Waals surface area contributed by atoms with E-state index >= 15 is 0 Å². The summed E-state index contributed by atoms with van der Waals surface area (Å²) in [6.45, 7) is 0. The number of nitrogens with zero attached hydrogens (tertiary/aromatic N) is 3. The minimum atomic E-state index is -0.337. The molecule has 0 unspecified atom stereocenters. The van der Waals surface area contributed by atoms with Crippen molar-refractivity contribution in [3.05, 3.63) is 65.7 Å². The second kappa shape index (κ2) is 7.97. The van der Waals surface area contributed by atoms with Crippen LogP contribution in [0, 0.1) is 5.82 Å². The van der Waals surface area contributed by atoms with E-state index in [0.717, 1.165) is 11.1 Å². The maximum absolute atomic E-state index is 13.6. The van der Waals surface area contributed by atoms with Crippen molar-refractivity contribution in [3.63, 3.8) is 0 Å². The highest BCUT2D eigenvalue weighted by atomic mass is 35.5. The lowest BCUT2D eigenvalue weighted by atomic mass is 10.1. The molecule has 7 nitrogen and oxygen atoms in total. The number of H-pyrrole nitrogens is 1. The Morgan fingerprint density at radius 3 is 2.69 bits per heavy atom. The number of nitrogens with one attached hydrogen (secondary N) is 2. The van der Waals surface area contributed by atoms with Crippen molar-refractivity contribution >= 4 is 45.0 Å². The van der Waals surface area contributed by atoms with Crippen LogP contribution in [0.4, 0.5) is 15.9 Å². The second-order valence-electron chi connectivity index (χ2n) is 7.01. The average molecular weight is 450 g/mol. The monoisotopic (exact) mass is 449 g/mol. The van der Waals surface area contributed by atoms with Crippen molar-refractivity contribution in [1.29, 1.82) is 0 Å². The van der Waals surface area contributed by atoms with E-state index in [9.17, 15) is 4.39 Å². The quantitative estimate of drug-likeness (QED) is 0.356. The minimum absolute atomic E-state index is 0.337. The summed E-state index contributed by atoms with van der Waals surface area (Å²) in [5, 5.41) is 4.55. The Labute approximate surface area is 187 Å². The molecule has 0 atom stereocenters. The van der Waals surface area contributed by atoms with Crippen molar-refractivity contribution in [3.8, 4) is 22.9 Å². The molecule has 2 aromatic heterocycles.